The van der Waals surface area contributed by atoms with Crippen molar-refractivity contribution in [1.82, 2.24) is 5.32 Å². The van der Waals surface area contributed by atoms with Crippen LogP contribution in [0.4, 0.5) is 0 Å². The minimum atomic E-state index is 0.215. The molecule has 0 aliphatic heterocycles. The molecule has 0 heterocycles. The molecule has 1 aromatic rings. The molecular formula is C16H25NO2. The van der Waals surface area contributed by atoms with Crippen molar-refractivity contribution < 1.29 is 9.84 Å². The van der Waals surface area contributed by atoms with E-state index < -0.39 is 0 Å². The molecule has 3 heteroatoms. The van der Waals surface area contributed by atoms with Crippen molar-refractivity contribution in [3.63, 3.8) is 0 Å². The molecule has 3 unspecified atom stereocenters. The number of ether oxygens (including phenoxy) is 1. The summed E-state index contributed by atoms with van der Waals surface area (Å²) < 4.78 is 5.05. The number of hydrogen-bond acceptors (Lipinski definition) is 3. The molecule has 1 saturated carbocycles. The summed E-state index contributed by atoms with van der Waals surface area (Å²) in [4.78, 5) is 0. The summed E-state index contributed by atoms with van der Waals surface area (Å²) in [5.74, 6) is 2.40. The van der Waals surface area contributed by atoms with Crippen LogP contribution in [0.1, 0.15) is 38.7 Å². The average molecular weight is 263 g/mol. The minimum absolute atomic E-state index is 0.215. The SMILES string of the molecule is COc1ccc(CNC2CCC(C)C(C)C2)cc1O. The molecule has 0 spiro atoms. The second-order valence-electron chi connectivity index (χ2n) is 5.85. The van der Waals surface area contributed by atoms with Crippen LogP contribution >= 0.6 is 0 Å². The Labute approximate surface area is 116 Å². The second kappa shape index (κ2) is 6.29. The fourth-order valence-electron chi connectivity index (χ4n) is 2.84. The first-order valence-electron chi connectivity index (χ1n) is 7.19. The molecular weight excluding hydrogens is 238 g/mol. The lowest BCUT2D eigenvalue weighted by atomic mass is 9.79. The van der Waals surface area contributed by atoms with E-state index >= 15 is 0 Å². The van der Waals surface area contributed by atoms with E-state index in [1.807, 2.05) is 12.1 Å². The molecule has 0 radical (unpaired) electrons. The standard InChI is InChI=1S/C16H25NO2/c1-11-4-6-14(8-12(11)2)17-10-13-5-7-16(19-3)15(18)9-13/h5,7,9,11-12,14,17-18H,4,6,8,10H2,1-3H3. The van der Waals surface area contributed by atoms with Gasteiger partial charge in [0.05, 0.1) is 7.11 Å². The number of rotatable bonds is 4. The van der Waals surface area contributed by atoms with Gasteiger partial charge in [0.15, 0.2) is 11.5 Å². The lowest BCUT2D eigenvalue weighted by molar-refractivity contribution is 0.225. The smallest absolute Gasteiger partial charge is 0.160 e. The van der Waals surface area contributed by atoms with E-state index in [0.29, 0.717) is 11.8 Å². The highest BCUT2D eigenvalue weighted by Gasteiger charge is 2.23. The van der Waals surface area contributed by atoms with Gasteiger partial charge >= 0.3 is 0 Å². The third-order valence-corrected chi connectivity index (χ3v) is 4.44. The molecule has 2 rings (SSSR count). The third-order valence-electron chi connectivity index (χ3n) is 4.44. The average Bonchev–Trinajstić information content (AvgIpc) is 2.40. The van der Waals surface area contributed by atoms with Crippen LogP contribution in [-0.4, -0.2) is 18.3 Å². The quantitative estimate of drug-likeness (QED) is 0.875. The molecule has 0 saturated heterocycles. The van der Waals surface area contributed by atoms with Gasteiger partial charge in [0, 0.05) is 12.6 Å². The molecule has 3 nitrogen and oxygen atoms in total. The molecule has 1 fully saturated rings. The van der Waals surface area contributed by atoms with Crippen molar-refractivity contribution >= 4 is 0 Å². The maximum atomic E-state index is 9.75. The van der Waals surface area contributed by atoms with Gasteiger partial charge in [0.1, 0.15) is 0 Å². The summed E-state index contributed by atoms with van der Waals surface area (Å²) in [5, 5.41) is 13.4. The van der Waals surface area contributed by atoms with Crippen LogP contribution in [0.5, 0.6) is 11.5 Å². The van der Waals surface area contributed by atoms with Crippen molar-refractivity contribution in [2.45, 2.75) is 45.7 Å². The van der Waals surface area contributed by atoms with Gasteiger partial charge in [-0.1, -0.05) is 19.9 Å². The van der Waals surface area contributed by atoms with E-state index in [2.05, 4.69) is 19.2 Å². The van der Waals surface area contributed by atoms with Crippen molar-refractivity contribution in [1.29, 1.82) is 0 Å². The molecule has 2 N–H and O–H groups in total. The highest BCUT2D eigenvalue weighted by atomic mass is 16.5. The van der Waals surface area contributed by atoms with Crippen LogP contribution in [0.2, 0.25) is 0 Å². The lowest BCUT2D eigenvalue weighted by Gasteiger charge is -2.32. The Kier molecular flexibility index (Phi) is 4.70. The molecule has 19 heavy (non-hydrogen) atoms. The van der Waals surface area contributed by atoms with Gasteiger partial charge < -0.3 is 15.2 Å². The number of nitrogens with one attached hydrogen (secondary N) is 1. The predicted molar refractivity (Wildman–Crippen MR) is 77.5 cm³/mol. The molecule has 0 bridgehead atoms. The third kappa shape index (κ3) is 3.63. The van der Waals surface area contributed by atoms with Gasteiger partial charge in [0.2, 0.25) is 0 Å². The van der Waals surface area contributed by atoms with Crippen LogP contribution < -0.4 is 10.1 Å². The zero-order valence-corrected chi connectivity index (χ0v) is 12.1. The van der Waals surface area contributed by atoms with Crippen molar-refractivity contribution in [2.24, 2.45) is 11.8 Å². The Balaban J connectivity index is 1.87. The largest absolute Gasteiger partial charge is 0.504 e. The first kappa shape index (κ1) is 14.2. The lowest BCUT2D eigenvalue weighted by Crippen LogP contribution is -2.35. The summed E-state index contributed by atoms with van der Waals surface area (Å²) in [7, 11) is 1.57. The zero-order valence-electron chi connectivity index (χ0n) is 12.1. The van der Waals surface area contributed by atoms with Crippen LogP contribution in [0.3, 0.4) is 0 Å². The van der Waals surface area contributed by atoms with Crippen molar-refractivity contribution in [3.8, 4) is 11.5 Å². The van der Waals surface area contributed by atoms with Crippen LogP contribution in [0.25, 0.3) is 0 Å². The maximum absolute atomic E-state index is 9.75. The fourth-order valence-corrected chi connectivity index (χ4v) is 2.84. The Hall–Kier alpha value is -1.22. The van der Waals surface area contributed by atoms with E-state index in [0.717, 1.165) is 23.9 Å². The number of hydrogen-bond donors (Lipinski definition) is 2. The monoisotopic (exact) mass is 263 g/mol. The van der Waals surface area contributed by atoms with Crippen LogP contribution in [0, 0.1) is 11.8 Å². The van der Waals surface area contributed by atoms with Gasteiger partial charge in [-0.05, 0) is 48.8 Å². The molecule has 1 aromatic carbocycles. The predicted octanol–water partition coefficient (Wildman–Crippen LogP) is 3.32. The summed E-state index contributed by atoms with van der Waals surface area (Å²) in [6.45, 7) is 5.50. The van der Waals surface area contributed by atoms with E-state index in [1.54, 1.807) is 13.2 Å². The van der Waals surface area contributed by atoms with E-state index in [9.17, 15) is 5.11 Å². The van der Waals surface area contributed by atoms with Gasteiger partial charge in [-0.2, -0.15) is 0 Å². The number of methoxy groups -OCH3 is 1. The highest BCUT2D eigenvalue weighted by molar-refractivity contribution is 5.41. The second-order valence-corrected chi connectivity index (χ2v) is 5.85. The van der Waals surface area contributed by atoms with Crippen LogP contribution in [-0.2, 0) is 6.54 Å². The van der Waals surface area contributed by atoms with Gasteiger partial charge in [0.25, 0.3) is 0 Å². The van der Waals surface area contributed by atoms with E-state index in [1.165, 1.54) is 19.3 Å². The Morgan fingerprint density at radius 1 is 1.26 bits per heavy atom. The summed E-state index contributed by atoms with van der Waals surface area (Å²) in [6, 6.07) is 6.20. The Morgan fingerprint density at radius 2 is 2.05 bits per heavy atom. The van der Waals surface area contributed by atoms with Gasteiger partial charge in [-0.15, -0.1) is 0 Å². The maximum Gasteiger partial charge on any atom is 0.160 e. The van der Waals surface area contributed by atoms with Gasteiger partial charge in [-0.25, -0.2) is 0 Å². The molecule has 0 amide bonds. The van der Waals surface area contributed by atoms with E-state index in [-0.39, 0.29) is 5.75 Å². The highest BCUT2D eigenvalue weighted by Crippen LogP contribution is 2.30. The zero-order chi connectivity index (χ0) is 13.8. The minimum Gasteiger partial charge on any atom is -0.504 e. The number of phenolic OH excluding ortho intramolecular Hbond substituents is 1. The fraction of sp³-hybridized carbons (Fsp3) is 0.625. The van der Waals surface area contributed by atoms with Gasteiger partial charge in [-0.3, -0.25) is 0 Å². The molecule has 1 aliphatic rings. The topological polar surface area (TPSA) is 41.5 Å². The Morgan fingerprint density at radius 3 is 2.68 bits per heavy atom. The van der Waals surface area contributed by atoms with Crippen molar-refractivity contribution in [2.75, 3.05) is 7.11 Å². The number of phenols is 1. The number of benzene rings is 1. The summed E-state index contributed by atoms with van der Waals surface area (Å²) in [5.41, 5.74) is 1.10. The molecule has 3 atom stereocenters. The number of aromatic hydroxyl groups is 1. The molecule has 0 aromatic heterocycles. The van der Waals surface area contributed by atoms with Crippen molar-refractivity contribution in [3.05, 3.63) is 23.8 Å². The summed E-state index contributed by atoms with van der Waals surface area (Å²) >= 11 is 0. The first-order chi connectivity index (χ1) is 9.10. The first-order valence-corrected chi connectivity index (χ1v) is 7.19. The van der Waals surface area contributed by atoms with E-state index in [4.69, 9.17) is 4.74 Å². The molecule has 106 valence electrons. The molecule has 1 aliphatic carbocycles. The normalized spacial score (nSPS) is 27.2. The summed E-state index contributed by atoms with van der Waals surface area (Å²) in [6.07, 6.45) is 3.82. The Bertz CT molecular complexity index is 419. The van der Waals surface area contributed by atoms with Crippen LogP contribution in [0.15, 0.2) is 18.2 Å².